The van der Waals surface area contributed by atoms with Crippen molar-refractivity contribution < 1.29 is 14.3 Å². The minimum absolute atomic E-state index is 0.132. The first-order valence-corrected chi connectivity index (χ1v) is 6.80. The van der Waals surface area contributed by atoms with Gasteiger partial charge in [-0.1, -0.05) is 6.92 Å². The molecule has 0 aliphatic heterocycles. The summed E-state index contributed by atoms with van der Waals surface area (Å²) in [5.74, 6) is 0.340. The van der Waals surface area contributed by atoms with Gasteiger partial charge in [-0.3, -0.25) is 9.78 Å². The standard InChI is InChI=1S/C15H24N2O3/c1-5-11(16)8-12-6-7-13(9-17-12)20-10-15(2,3)14(18)19-4/h6-7,9,11H,5,8,10,16H2,1-4H3. The quantitative estimate of drug-likeness (QED) is 0.773. The number of hydrogen-bond acceptors (Lipinski definition) is 5. The van der Waals surface area contributed by atoms with Gasteiger partial charge in [0, 0.05) is 18.2 Å². The largest absolute Gasteiger partial charge is 0.491 e. The lowest BCUT2D eigenvalue weighted by molar-refractivity contribution is -0.152. The van der Waals surface area contributed by atoms with E-state index in [9.17, 15) is 4.79 Å². The molecule has 112 valence electrons. The Balaban J connectivity index is 2.56. The number of aromatic nitrogens is 1. The maximum atomic E-state index is 11.5. The van der Waals surface area contributed by atoms with Crippen molar-refractivity contribution >= 4 is 5.97 Å². The Labute approximate surface area is 120 Å². The maximum Gasteiger partial charge on any atom is 0.314 e. The summed E-state index contributed by atoms with van der Waals surface area (Å²) in [5, 5.41) is 0. The van der Waals surface area contributed by atoms with Gasteiger partial charge in [-0.15, -0.1) is 0 Å². The number of rotatable bonds is 7. The molecule has 1 aromatic heterocycles. The molecule has 1 rings (SSSR count). The smallest absolute Gasteiger partial charge is 0.314 e. The molecule has 0 aliphatic carbocycles. The molecule has 0 aromatic carbocycles. The highest BCUT2D eigenvalue weighted by Gasteiger charge is 2.29. The molecular weight excluding hydrogens is 256 g/mol. The van der Waals surface area contributed by atoms with Gasteiger partial charge < -0.3 is 15.2 Å². The second-order valence-corrected chi connectivity index (χ2v) is 5.52. The van der Waals surface area contributed by atoms with Crippen LogP contribution in [0, 0.1) is 5.41 Å². The Bertz CT molecular complexity index is 429. The number of hydrogen-bond donors (Lipinski definition) is 1. The number of pyridine rings is 1. The number of methoxy groups -OCH3 is 1. The van der Waals surface area contributed by atoms with Gasteiger partial charge in [0.25, 0.3) is 0 Å². The van der Waals surface area contributed by atoms with Crippen molar-refractivity contribution in [2.75, 3.05) is 13.7 Å². The van der Waals surface area contributed by atoms with E-state index in [4.69, 9.17) is 15.2 Å². The zero-order valence-electron chi connectivity index (χ0n) is 12.7. The molecule has 5 heteroatoms. The molecule has 20 heavy (non-hydrogen) atoms. The zero-order chi connectivity index (χ0) is 15.2. The van der Waals surface area contributed by atoms with Crippen LogP contribution in [0.2, 0.25) is 0 Å². The van der Waals surface area contributed by atoms with Crippen LogP contribution in [0.1, 0.15) is 32.9 Å². The summed E-state index contributed by atoms with van der Waals surface area (Å²) in [6, 6.07) is 3.88. The van der Waals surface area contributed by atoms with Gasteiger partial charge in [-0.05, 0) is 32.4 Å². The first kappa shape index (κ1) is 16.4. The lowest BCUT2D eigenvalue weighted by Crippen LogP contribution is -2.32. The number of nitrogens with zero attached hydrogens (tertiary/aromatic N) is 1. The highest BCUT2D eigenvalue weighted by Crippen LogP contribution is 2.20. The Kier molecular flexibility index (Phi) is 5.95. The highest BCUT2D eigenvalue weighted by molar-refractivity contribution is 5.75. The van der Waals surface area contributed by atoms with Crippen LogP contribution in [0.4, 0.5) is 0 Å². The summed E-state index contributed by atoms with van der Waals surface area (Å²) in [6.07, 6.45) is 3.34. The van der Waals surface area contributed by atoms with Gasteiger partial charge in [0.2, 0.25) is 0 Å². The third-order valence-electron chi connectivity index (χ3n) is 3.13. The Morgan fingerprint density at radius 2 is 2.15 bits per heavy atom. The summed E-state index contributed by atoms with van der Waals surface area (Å²) < 4.78 is 10.3. The van der Waals surface area contributed by atoms with E-state index in [1.807, 2.05) is 12.1 Å². The third kappa shape index (κ3) is 4.81. The van der Waals surface area contributed by atoms with E-state index in [1.54, 1.807) is 20.0 Å². The molecule has 0 saturated heterocycles. The fourth-order valence-electron chi connectivity index (χ4n) is 1.63. The average molecular weight is 280 g/mol. The number of carbonyl (C=O) groups is 1. The van der Waals surface area contributed by atoms with Crippen molar-refractivity contribution in [2.24, 2.45) is 11.1 Å². The van der Waals surface area contributed by atoms with Crippen molar-refractivity contribution in [1.82, 2.24) is 4.98 Å². The van der Waals surface area contributed by atoms with E-state index < -0.39 is 5.41 Å². The van der Waals surface area contributed by atoms with Gasteiger partial charge >= 0.3 is 5.97 Å². The van der Waals surface area contributed by atoms with Gasteiger partial charge in [0.1, 0.15) is 12.4 Å². The lowest BCUT2D eigenvalue weighted by Gasteiger charge is -2.21. The zero-order valence-corrected chi connectivity index (χ0v) is 12.7. The second-order valence-electron chi connectivity index (χ2n) is 5.52. The van der Waals surface area contributed by atoms with Crippen LogP contribution in [0.3, 0.4) is 0 Å². The molecule has 1 unspecified atom stereocenters. The molecule has 1 aromatic rings. The monoisotopic (exact) mass is 280 g/mol. The molecule has 0 bridgehead atoms. The summed E-state index contributed by atoms with van der Waals surface area (Å²) in [4.78, 5) is 15.8. The Morgan fingerprint density at radius 1 is 1.45 bits per heavy atom. The Morgan fingerprint density at radius 3 is 2.65 bits per heavy atom. The predicted octanol–water partition coefficient (Wildman–Crippen LogP) is 1.94. The van der Waals surface area contributed by atoms with E-state index in [0.717, 1.165) is 18.5 Å². The van der Waals surface area contributed by atoms with Gasteiger partial charge in [0.15, 0.2) is 0 Å². The van der Waals surface area contributed by atoms with E-state index in [-0.39, 0.29) is 18.6 Å². The number of nitrogens with two attached hydrogens (primary N) is 1. The van der Waals surface area contributed by atoms with Crippen LogP contribution < -0.4 is 10.5 Å². The highest BCUT2D eigenvalue weighted by atomic mass is 16.5. The topological polar surface area (TPSA) is 74.4 Å². The SMILES string of the molecule is CCC(N)Cc1ccc(OCC(C)(C)C(=O)OC)cn1. The van der Waals surface area contributed by atoms with Crippen LogP contribution in [-0.4, -0.2) is 30.7 Å². The fourth-order valence-corrected chi connectivity index (χ4v) is 1.63. The number of esters is 1. The minimum atomic E-state index is -0.683. The summed E-state index contributed by atoms with van der Waals surface area (Å²) >= 11 is 0. The maximum absolute atomic E-state index is 11.5. The molecule has 0 spiro atoms. The van der Waals surface area contributed by atoms with E-state index in [2.05, 4.69) is 11.9 Å². The Hall–Kier alpha value is -1.62. The van der Waals surface area contributed by atoms with Crippen LogP contribution >= 0.6 is 0 Å². The molecule has 0 fully saturated rings. The van der Waals surface area contributed by atoms with Crippen LogP contribution in [0.25, 0.3) is 0 Å². The third-order valence-corrected chi connectivity index (χ3v) is 3.13. The van der Waals surface area contributed by atoms with Crippen molar-refractivity contribution in [3.05, 3.63) is 24.0 Å². The van der Waals surface area contributed by atoms with Gasteiger partial charge in [-0.25, -0.2) is 0 Å². The van der Waals surface area contributed by atoms with Gasteiger partial charge in [-0.2, -0.15) is 0 Å². The van der Waals surface area contributed by atoms with Crippen LogP contribution in [0.5, 0.6) is 5.75 Å². The van der Waals surface area contributed by atoms with Crippen molar-refractivity contribution in [3.63, 3.8) is 0 Å². The first-order valence-electron chi connectivity index (χ1n) is 6.80. The lowest BCUT2D eigenvalue weighted by atomic mass is 9.95. The van der Waals surface area contributed by atoms with E-state index in [0.29, 0.717) is 5.75 Å². The summed E-state index contributed by atoms with van der Waals surface area (Å²) in [7, 11) is 1.37. The van der Waals surface area contributed by atoms with E-state index in [1.165, 1.54) is 7.11 Å². The normalized spacial score (nSPS) is 12.8. The van der Waals surface area contributed by atoms with Gasteiger partial charge in [0.05, 0.1) is 18.7 Å². The van der Waals surface area contributed by atoms with Crippen molar-refractivity contribution in [1.29, 1.82) is 0 Å². The van der Waals surface area contributed by atoms with Crippen LogP contribution in [0.15, 0.2) is 18.3 Å². The molecule has 1 atom stereocenters. The molecule has 0 aliphatic rings. The van der Waals surface area contributed by atoms with E-state index >= 15 is 0 Å². The number of ether oxygens (including phenoxy) is 2. The molecule has 5 nitrogen and oxygen atoms in total. The van der Waals surface area contributed by atoms with Crippen molar-refractivity contribution in [3.8, 4) is 5.75 Å². The molecular formula is C15H24N2O3. The molecule has 0 radical (unpaired) electrons. The molecule has 2 N–H and O–H groups in total. The molecule has 0 saturated carbocycles. The van der Waals surface area contributed by atoms with Crippen molar-refractivity contribution in [2.45, 2.75) is 39.7 Å². The first-order chi connectivity index (χ1) is 9.39. The molecule has 1 heterocycles. The molecule has 0 amide bonds. The minimum Gasteiger partial charge on any atom is -0.491 e. The number of carbonyl (C=O) groups excluding carboxylic acids is 1. The fraction of sp³-hybridized carbons (Fsp3) is 0.600. The summed E-state index contributed by atoms with van der Waals surface area (Å²) in [6.45, 7) is 5.86. The van der Waals surface area contributed by atoms with Crippen LogP contribution in [-0.2, 0) is 16.0 Å². The second kappa shape index (κ2) is 7.24. The predicted molar refractivity (Wildman–Crippen MR) is 77.5 cm³/mol. The summed E-state index contributed by atoms with van der Waals surface area (Å²) in [5.41, 5.74) is 6.15. The average Bonchev–Trinajstić information content (AvgIpc) is 2.45.